The fraction of sp³-hybridized carbons (Fsp3) is 0.222. The van der Waals surface area contributed by atoms with E-state index in [0.29, 0.717) is 0 Å². The van der Waals surface area contributed by atoms with Crippen LogP contribution >= 0.6 is 0 Å². The summed E-state index contributed by atoms with van der Waals surface area (Å²) in [5.41, 5.74) is 4.16. The minimum atomic E-state index is 1.06. The van der Waals surface area contributed by atoms with Gasteiger partial charge in [-0.05, 0) is 53.8 Å². The van der Waals surface area contributed by atoms with Crippen LogP contribution in [0.3, 0.4) is 0 Å². The van der Waals surface area contributed by atoms with Crippen LogP contribution in [-0.4, -0.2) is 0 Å². The lowest BCUT2D eigenvalue weighted by molar-refractivity contribution is 1.03. The highest BCUT2D eigenvalue weighted by Gasteiger charge is 1.95. The molecular formula is C18H20. The van der Waals surface area contributed by atoms with Gasteiger partial charge in [0, 0.05) is 0 Å². The second kappa shape index (κ2) is 5.68. The summed E-state index contributed by atoms with van der Waals surface area (Å²) >= 11 is 0. The van der Waals surface area contributed by atoms with E-state index in [1.54, 1.807) is 0 Å². The van der Waals surface area contributed by atoms with E-state index in [1.165, 1.54) is 21.9 Å². The fourth-order valence-electron chi connectivity index (χ4n) is 2.09. The van der Waals surface area contributed by atoms with E-state index in [0.717, 1.165) is 18.1 Å². The Morgan fingerprint density at radius 1 is 1.00 bits per heavy atom. The smallest absolute Gasteiger partial charge is 0.0230 e. The summed E-state index contributed by atoms with van der Waals surface area (Å²) in [5.74, 6) is 0. The highest BCUT2D eigenvalue weighted by atomic mass is 14.0. The van der Waals surface area contributed by atoms with Crippen molar-refractivity contribution in [3.63, 3.8) is 0 Å². The molecule has 0 N–H and O–H groups in total. The van der Waals surface area contributed by atoms with Gasteiger partial charge in [-0.1, -0.05) is 55.1 Å². The minimum Gasteiger partial charge on any atom is -0.0912 e. The second-order valence-corrected chi connectivity index (χ2v) is 4.86. The molecule has 0 nitrogen and oxygen atoms in total. The topological polar surface area (TPSA) is 0 Å². The third kappa shape index (κ3) is 3.10. The standard InChI is InChI=1S/C18H20/c1-14-11-12-17(13-16(14)3)8-6-10-18-9-5-4-7-15(18)2/h4-5,7,9-13H,2,6,8H2,1,3H3. The SMILES string of the molecule is C=c1ccccc1=CCCc1ccc(C)c(C)c1. The van der Waals surface area contributed by atoms with Gasteiger partial charge in [0.25, 0.3) is 0 Å². The molecule has 0 spiro atoms. The van der Waals surface area contributed by atoms with Crippen LogP contribution in [0.25, 0.3) is 12.7 Å². The number of hydrogen-bond acceptors (Lipinski definition) is 0. The zero-order valence-corrected chi connectivity index (χ0v) is 11.2. The second-order valence-electron chi connectivity index (χ2n) is 4.86. The van der Waals surface area contributed by atoms with Crippen molar-refractivity contribution in [2.45, 2.75) is 26.7 Å². The highest BCUT2D eigenvalue weighted by molar-refractivity contribution is 5.32. The van der Waals surface area contributed by atoms with Gasteiger partial charge in [0.1, 0.15) is 0 Å². The fourth-order valence-corrected chi connectivity index (χ4v) is 2.09. The lowest BCUT2D eigenvalue weighted by Crippen LogP contribution is -2.21. The Bertz CT molecular complexity index is 635. The number of hydrogen-bond donors (Lipinski definition) is 0. The van der Waals surface area contributed by atoms with Crippen molar-refractivity contribution < 1.29 is 0 Å². The van der Waals surface area contributed by atoms with E-state index < -0.39 is 0 Å². The number of benzene rings is 2. The largest absolute Gasteiger partial charge is 0.0912 e. The molecule has 0 aliphatic carbocycles. The maximum absolute atomic E-state index is 4.04. The van der Waals surface area contributed by atoms with E-state index in [2.05, 4.69) is 62.9 Å². The van der Waals surface area contributed by atoms with Crippen LogP contribution in [0.1, 0.15) is 23.1 Å². The van der Waals surface area contributed by atoms with Gasteiger partial charge in [-0.25, -0.2) is 0 Å². The minimum absolute atomic E-state index is 1.06. The Kier molecular flexibility index (Phi) is 3.99. The Balaban J connectivity index is 2.09. The lowest BCUT2D eigenvalue weighted by Gasteiger charge is -2.03. The molecule has 0 aromatic heterocycles. The normalized spacial score (nSPS) is 11.8. The first-order valence-electron chi connectivity index (χ1n) is 6.47. The van der Waals surface area contributed by atoms with E-state index in [9.17, 15) is 0 Å². The molecule has 0 atom stereocenters. The van der Waals surface area contributed by atoms with E-state index in [4.69, 9.17) is 0 Å². The quantitative estimate of drug-likeness (QED) is 0.768. The number of rotatable bonds is 3. The Morgan fingerprint density at radius 2 is 1.78 bits per heavy atom. The third-order valence-corrected chi connectivity index (χ3v) is 3.42. The highest BCUT2D eigenvalue weighted by Crippen LogP contribution is 2.11. The summed E-state index contributed by atoms with van der Waals surface area (Å²) < 4.78 is 0. The molecule has 2 aromatic carbocycles. The molecule has 0 unspecified atom stereocenters. The first-order valence-corrected chi connectivity index (χ1v) is 6.47. The van der Waals surface area contributed by atoms with E-state index in [1.807, 2.05) is 6.07 Å². The molecule has 18 heavy (non-hydrogen) atoms. The van der Waals surface area contributed by atoms with Crippen molar-refractivity contribution in [1.82, 2.24) is 0 Å². The summed E-state index contributed by atoms with van der Waals surface area (Å²) in [6, 6.07) is 15.0. The molecule has 0 heterocycles. The maximum atomic E-state index is 4.04. The van der Waals surface area contributed by atoms with E-state index in [-0.39, 0.29) is 0 Å². The molecule has 0 aliphatic rings. The zero-order valence-electron chi connectivity index (χ0n) is 11.2. The molecular weight excluding hydrogens is 216 g/mol. The molecule has 2 rings (SSSR count). The van der Waals surface area contributed by atoms with Crippen LogP contribution < -0.4 is 10.4 Å². The first kappa shape index (κ1) is 12.6. The Hall–Kier alpha value is -1.82. The molecule has 2 aromatic rings. The van der Waals surface area contributed by atoms with Gasteiger partial charge in [0.05, 0.1) is 0 Å². The number of aryl methyl sites for hydroxylation is 3. The van der Waals surface area contributed by atoms with Crippen molar-refractivity contribution in [2.24, 2.45) is 0 Å². The average Bonchev–Trinajstić information content (AvgIpc) is 2.36. The van der Waals surface area contributed by atoms with Crippen LogP contribution in [0, 0.1) is 13.8 Å². The van der Waals surface area contributed by atoms with Crippen molar-refractivity contribution in [3.8, 4) is 0 Å². The first-order chi connectivity index (χ1) is 8.66. The van der Waals surface area contributed by atoms with Crippen LogP contribution in [0.4, 0.5) is 0 Å². The maximum Gasteiger partial charge on any atom is -0.0230 e. The van der Waals surface area contributed by atoms with Crippen molar-refractivity contribution in [1.29, 1.82) is 0 Å². The van der Waals surface area contributed by atoms with Crippen LogP contribution in [-0.2, 0) is 6.42 Å². The summed E-state index contributed by atoms with van der Waals surface area (Å²) in [6.45, 7) is 8.37. The average molecular weight is 236 g/mol. The molecule has 0 bridgehead atoms. The van der Waals surface area contributed by atoms with Crippen LogP contribution in [0.5, 0.6) is 0 Å². The molecule has 0 radical (unpaired) electrons. The molecule has 0 fully saturated rings. The van der Waals surface area contributed by atoms with Gasteiger partial charge in [0.15, 0.2) is 0 Å². The monoisotopic (exact) mass is 236 g/mol. The lowest BCUT2D eigenvalue weighted by atomic mass is 10.0. The Morgan fingerprint density at radius 3 is 2.50 bits per heavy atom. The van der Waals surface area contributed by atoms with Gasteiger partial charge >= 0.3 is 0 Å². The predicted molar refractivity (Wildman–Crippen MR) is 79.9 cm³/mol. The van der Waals surface area contributed by atoms with Gasteiger partial charge in [-0.15, -0.1) is 0 Å². The summed E-state index contributed by atoms with van der Waals surface area (Å²) in [5, 5.41) is 2.36. The summed E-state index contributed by atoms with van der Waals surface area (Å²) in [6.07, 6.45) is 4.43. The van der Waals surface area contributed by atoms with Crippen molar-refractivity contribution in [2.75, 3.05) is 0 Å². The molecule has 92 valence electrons. The van der Waals surface area contributed by atoms with Gasteiger partial charge in [-0.2, -0.15) is 0 Å². The summed E-state index contributed by atoms with van der Waals surface area (Å²) in [7, 11) is 0. The molecule has 0 amide bonds. The molecule has 0 saturated heterocycles. The zero-order chi connectivity index (χ0) is 13.0. The van der Waals surface area contributed by atoms with Crippen molar-refractivity contribution >= 4 is 12.7 Å². The molecule has 0 heteroatoms. The van der Waals surface area contributed by atoms with Crippen LogP contribution in [0.2, 0.25) is 0 Å². The molecule has 0 saturated carbocycles. The molecule has 0 aliphatic heterocycles. The van der Waals surface area contributed by atoms with Gasteiger partial charge in [-0.3, -0.25) is 0 Å². The predicted octanol–water partition coefficient (Wildman–Crippen LogP) is 3.13. The van der Waals surface area contributed by atoms with Gasteiger partial charge < -0.3 is 0 Å². The van der Waals surface area contributed by atoms with Gasteiger partial charge in [0.2, 0.25) is 0 Å². The van der Waals surface area contributed by atoms with Crippen molar-refractivity contribution in [3.05, 3.63) is 69.6 Å². The van der Waals surface area contributed by atoms with E-state index >= 15 is 0 Å². The Labute approximate surface area is 109 Å². The van der Waals surface area contributed by atoms with Crippen LogP contribution in [0.15, 0.2) is 42.5 Å². The third-order valence-electron chi connectivity index (χ3n) is 3.42. The summed E-state index contributed by atoms with van der Waals surface area (Å²) in [4.78, 5) is 0.